The Balaban J connectivity index is 1.63. The predicted molar refractivity (Wildman–Crippen MR) is 96.4 cm³/mol. The summed E-state index contributed by atoms with van der Waals surface area (Å²) in [5, 5.41) is 0. The average Bonchev–Trinajstić information content (AvgIpc) is 3.16. The first-order chi connectivity index (χ1) is 12.3. The molecule has 2 heterocycles. The molecule has 0 saturated carbocycles. The number of para-hydroxylation sites is 1. The van der Waals surface area contributed by atoms with Gasteiger partial charge in [0, 0.05) is 5.41 Å². The van der Waals surface area contributed by atoms with Crippen LogP contribution >= 0.6 is 0 Å². The molecular formula is C21H21NO3. The maximum Gasteiger partial charge on any atom is 0.416 e. The summed E-state index contributed by atoms with van der Waals surface area (Å²) < 4.78 is 11.6. The second kappa shape index (κ2) is 6.37. The van der Waals surface area contributed by atoms with Gasteiger partial charge in [-0.2, -0.15) is 0 Å². The molecule has 1 amide bonds. The highest BCUT2D eigenvalue weighted by atomic mass is 16.6. The van der Waals surface area contributed by atoms with Crippen molar-refractivity contribution in [2.75, 3.05) is 11.5 Å². The van der Waals surface area contributed by atoms with Crippen LogP contribution in [-0.2, 0) is 21.5 Å². The number of allylic oxidation sites excluding steroid dienone is 1. The number of carbonyl (C=O) groups excluding carboxylic acids is 1. The van der Waals surface area contributed by atoms with Crippen LogP contribution in [0.25, 0.3) is 0 Å². The van der Waals surface area contributed by atoms with Crippen LogP contribution in [0.1, 0.15) is 24.0 Å². The van der Waals surface area contributed by atoms with E-state index in [1.54, 1.807) is 4.90 Å². The van der Waals surface area contributed by atoms with E-state index in [0.29, 0.717) is 6.61 Å². The fraction of sp³-hybridized carbons (Fsp3) is 0.286. The molecule has 0 radical (unpaired) electrons. The van der Waals surface area contributed by atoms with Crippen LogP contribution in [0, 0.1) is 0 Å². The first-order valence-corrected chi connectivity index (χ1v) is 8.58. The normalized spacial score (nSPS) is 23.8. The SMILES string of the molecule is C=CC[C@@]12CCO[C@@H]1N(C(=O)OCc1ccccc1)c1ccccc12. The largest absolute Gasteiger partial charge is 0.444 e. The Bertz CT molecular complexity index is 789. The molecular weight excluding hydrogens is 314 g/mol. The number of hydrogen-bond donors (Lipinski definition) is 0. The average molecular weight is 335 g/mol. The summed E-state index contributed by atoms with van der Waals surface area (Å²) in [6.07, 6.45) is 2.87. The number of carbonyl (C=O) groups is 1. The van der Waals surface area contributed by atoms with Gasteiger partial charge in [0.1, 0.15) is 12.8 Å². The molecule has 2 atom stereocenters. The van der Waals surface area contributed by atoms with E-state index in [9.17, 15) is 4.79 Å². The van der Waals surface area contributed by atoms with Crippen LogP contribution < -0.4 is 4.90 Å². The van der Waals surface area contributed by atoms with Crippen molar-refractivity contribution in [3.05, 3.63) is 78.4 Å². The molecule has 0 unspecified atom stereocenters. The van der Waals surface area contributed by atoms with Crippen LogP contribution in [-0.4, -0.2) is 18.9 Å². The van der Waals surface area contributed by atoms with Gasteiger partial charge in [-0.05, 0) is 30.0 Å². The minimum Gasteiger partial charge on any atom is -0.444 e. The Labute approximate surface area is 147 Å². The topological polar surface area (TPSA) is 38.8 Å². The van der Waals surface area contributed by atoms with E-state index in [1.165, 1.54) is 0 Å². The summed E-state index contributed by atoms with van der Waals surface area (Å²) in [4.78, 5) is 14.5. The van der Waals surface area contributed by atoms with Crippen LogP contribution in [0.5, 0.6) is 0 Å². The molecule has 0 aromatic heterocycles. The number of anilines is 1. The molecule has 0 bridgehead atoms. The summed E-state index contributed by atoms with van der Waals surface area (Å²) >= 11 is 0. The first-order valence-electron chi connectivity index (χ1n) is 8.58. The Morgan fingerprint density at radius 3 is 2.80 bits per heavy atom. The van der Waals surface area contributed by atoms with Gasteiger partial charge < -0.3 is 9.47 Å². The number of nitrogens with zero attached hydrogens (tertiary/aromatic N) is 1. The fourth-order valence-electron chi connectivity index (χ4n) is 4.01. The lowest BCUT2D eigenvalue weighted by atomic mass is 9.77. The molecule has 4 rings (SSSR count). The van der Waals surface area contributed by atoms with Crippen molar-refractivity contribution >= 4 is 11.8 Å². The van der Waals surface area contributed by atoms with Crippen molar-refractivity contribution in [1.82, 2.24) is 0 Å². The predicted octanol–water partition coefficient (Wildman–Crippen LogP) is 4.40. The van der Waals surface area contributed by atoms with Gasteiger partial charge in [0.2, 0.25) is 0 Å². The minimum atomic E-state index is -0.367. The van der Waals surface area contributed by atoms with Crippen molar-refractivity contribution < 1.29 is 14.3 Å². The molecule has 2 aliphatic rings. The van der Waals surface area contributed by atoms with E-state index in [2.05, 4.69) is 12.6 Å². The van der Waals surface area contributed by atoms with Gasteiger partial charge >= 0.3 is 6.09 Å². The summed E-state index contributed by atoms with van der Waals surface area (Å²) in [5.41, 5.74) is 2.78. The van der Waals surface area contributed by atoms with E-state index < -0.39 is 0 Å². The van der Waals surface area contributed by atoms with Crippen molar-refractivity contribution in [3.8, 4) is 0 Å². The standard InChI is InChI=1S/C21H21NO3/c1-2-12-21-13-14-24-19(21)22(18-11-7-6-10-17(18)21)20(23)25-15-16-8-4-3-5-9-16/h2-11,19H,1,12-15H2/t19-,21-/m0/s1. The Hall–Kier alpha value is -2.59. The van der Waals surface area contributed by atoms with E-state index in [-0.39, 0.29) is 24.3 Å². The molecule has 1 saturated heterocycles. The summed E-state index contributed by atoms with van der Waals surface area (Å²) in [6.45, 7) is 4.79. The highest BCUT2D eigenvalue weighted by molar-refractivity contribution is 5.92. The minimum absolute atomic E-state index is 0.218. The maximum atomic E-state index is 12.9. The summed E-state index contributed by atoms with van der Waals surface area (Å²) in [7, 11) is 0. The van der Waals surface area contributed by atoms with E-state index in [4.69, 9.17) is 9.47 Å². The Morgan fingerprint density at radius 1 is 1.24 bits per heavy atom. The number of amides is 1. The molecule has 4 nitrogen and oxygen atoms in total. The second-order valence-corrected chi connectivity index (χ2v) is 6.55. The number of fused-ring (bicyclic) bond motifs is 3. The molecule has 0 N–H and O–H groups in total. The van der Waals surface area contributed by atoms with Gasteiger partial charge in [-0.3, -0.25) is 0 Å². The van der Waals surface area contributed by atoms with E-state index in [1.807, 2.05) is 54.6 Å². The van der Waals surface area contributed by atoms with Gasteiger partial charge in [0.25, 0.3) is 0 Å². The third-order valence-corrected chi connectivity index (χ3v) is 5.14. The van der Waals surface area contributed by atoms with Gasteiger partial charge in [-0.1, -0.05) is 54.6 Å². The molecule has 128 valence electrons. The molecule has 2 aromatic carbocycles. The van der Waals surface area contributed by atoms with Crippen LogP contribution in [0.4, 0.5) is 10.5 Å². The van der Waals surface area contributed by atoms with Gasteiger partial charge in [-0.25, -0.2) is 9.69 Å². The number of benzene rings is 2. The van der Waals surface area contributed by atoms with Crippen molar-refractivity contribution in [2.24, 2.45) is 0 Å². The van der Waals surface area contributed by atoms with Crippen LogP contribution in [0.15, 0.2) is 67.3 Å². The number of rotatable bonds is 4. The Kier molecular flexibility index (Phi) is 4.06. The van der Waals surface area contributed by atoms with E-state index >= 15 is 0 Å². The van der Waals surface area contributed by atoms with Gasteiger partial charge in [-0.15, -0.1) is 6.58 Å². The number of ether oxygens (including phenoxy) is 2. The number of hydrogen-bond acceptors (Lipinski definition) is 3. The first kappa shape index (κ1) is 15.9. The molecule has 0 aliphatic carbocycles. The third-order valence-electron chi connectivity index (χ3n) is 5.14. The lowest BCUT2D eigenvalue weighted by Crippen LogP contribution is -2.45. The second-order valence-electron chi connectivity index (χ2n) is 6.55. The van der Waals surface area contributed by atoms with Gasteiger partial charge in [0.05, 0.1) is 12.3 Å². The van der Waals surface area contributed by atoms with Crippen LogP contribution in [0.3, 0.4) is 0 Å². The molecule has 2 aliphatic heterocycles. The van der Waals surface area contributed by atoms with Gasteiger partial charge in [0.15, 0.2) is 0 Å². The molecule has 25 heavy (non-hydrogen) atoms. The zero-order valence-corrected chi connectivity index (χ0v) is 14.1. The summed E-state index contributed by atoms with van der Waals surface area (Å²) in [6, 6.07) is 17.7. The molecule has 4 heteroatoms. The van der Waals surface area contributed by atoms with Crippen molar-refractivity contribution in [2.45, 2.75) is 31.1 Å². The third kappa shape index (κ3) is 2.53. The van der Waals surface area contributed by atoms with Crippen molar-refractivity contribution in [3.63, 3.8) is 0 Å². The zero-order chi connectivity index (χ0) is 17.3. The maximum absolute atomic E-state index is 12.9. The van der Waals surface area contributed by atoms with Crippen LogP contribution in [0.2, 0.25) is 0 Å². The Morgan fingerprint density at radius 2 is 2.00 bits per heavy atom. The van der Waals surface area contributed by atoms with E-state index in [0.717, 1.165) is 29.7 Å². The molecule has 2 aromatic rings. The smallest absolute Gasteiger partial charge is 0.416 e. The fourth-order valence-corrected chi connectivity index (χ4v) is 4.01. The van der Waals surface area contributed by atoms with Crippen molar-refractivity contribution in [1.29, 1.82) is 0 Å². The lowest BCUT2D eigenvalue weighted by molar-refractivity contribution is 0.0725. The quantitative estimate of drug-likeness (QED) is 0.777. The highest BCUT2D eigenvalue weighted by Gasteiger charge is 2.56. The zero-order valence-electron chi connectivity index (χ0n) is 14.1. The summed E-state index contributed by atoms with van der Waals surface area (Å²) in [5.74, 6) is 0. The lowest BCUT2D eigenvalue weighted by Gasteiger charge is -2.30. The highest BCUT2D eigenvalue weighted by Crippen LogP contribution is 2.53. The molecule has 0 spiro atoms. The molecule has 1 fully saturated rings. The monoisotopic (exact) mass is 335 g/mol.